The number of morpholine rings is 1. The van der Waals surface area contributed by atoms with Crippen molar-refractivity contribution in [3.05, 3.63) is 78.4 Å². The highest BCUT2D eigenvalue weighted by atomic mass is 16.5. The molecule has 0 spiro atoms. The molecule has 1 N–H and O–H groups in total. The van der Waals surface area contributed by atoms with Crippen LogP contribution in [-0.2, 0) is 11.3 Å². The maximum Gasteiger partial charge on any atom is 0.158 e. The Kier molecular flexibility index (Phi) is 5.04. The second kappa shape index (κ2) is 8.48. The second-order valence-corrected chi connectivity index (χ2v) is 8.02. The van der Waals surface area contributed by atoms with Gasteiger partial charge in [0.1, 0.15) is 5.82 Å². The van der Waals surface area contributed by atoms with Crippen molar-refractivity contribution in [3.63, 3.8) is 0 Å². The number of para-hydroxylation sites is 1. The number of H-pyrrole nitrogens is 1. The van der Waals surface area contributed by atoms with Crippen LogP contribution in [0.15, 0.2) is 72.0 Å². The molecule has 0 aliphatic carbocycles. The number of rotatable bonds is 5. The Hall–Kier alpha value is -4.04. The van der Waals surface area contributed by atoms with Crippen LogP contribution in [0.5, 0.6) is 0 Å². The molecule has 0 saturated carbocycles. The van der Waals surface area contributed by atoms with Gasteiger partial charge in [-0.3, -0.25) is 9.98 Å². The maximum absolute atomic E-state index is 5.56. The fourth-order valence-corrected chi connectivity index (χ4v) is 4.17. The highest BCUT2D eigenvalue weighted by molar-refractivity contribution is 5.89. The van der Waals surface area contributed by atoms with Crippen LogP contribution in [0.25, 0.3) is 27.8 Å². The van der Waals surface area contributed by atoms with Gasteiger partial charge in [-0.25, -0.2) is 4.98 Å². The summed E-state index contributed by atoms with van der Waals surface area (Å²) < 4.78 is 7.48. The van der Waals surface area contributed by atoms with E-state index in [1.54, 1.807) is 12.4 Å². The normalized spacial score (nSPS) is 14.6. The number of aliphatic imine (C=N–C) groups is 1. The molecular formula is C25H23N7O. The van der Waals surface area contributed by atoms with Crippen LogP contribution < -0.4 is 4.90 Å². The van der Waals surface area contributed by atoms with Crippen LogP contribution in [-0.4, -0.2) is 57.1 Å². The van der Waals surface area contributed by atoms with Crippen molar-refractivity contribution in [3.8, 4) is 11.3 Å². The van der Waals surface area contributed by atoms with Gasteiger partial charge in [0.15, 0.2) is 5.65 Å². The Morgan fingerprint density at radius 3 is 2.73 bits per heavy atom. The quantitative estimate of drug-likeness (QED) is 0.424. The van der Waals surface area contributed by atoms with Crippen molar-refractivity contribution in [2.24, 2.45) is 4.99 Å². The molecule has 0 radical (unpaired) electrons. The van der Waals surface area contributed by atoms with Crippen molar-refractivity contribution in [1.82, 2.24) is 24.6 Å². The van der Waals surface area contributed by atoms with Crippen molar-refractivity contribution in [1.29, 1.82) is 0 Å². The number of ether oxygens (including phenoxy) is 1. The average molecular weight is 438 g/mol. The molecule has 1 fully saturated rings. The van der Waals surface area contributed by atoms with Gasteiger partial charge < -0.3 is 14.6 Å². The van der Waals surface area contributed by atoms with E-state index < -0.39 is 0 Å². The van der Waals surface area contributed by atoms with Gasteiger partial charge in [-0.05, 0) is 24.3 Å². The highest BCUT2D eigenvalue weighted by Crippen LogP contribution is 2.24. The lowest BCUT2D eigenvalue weighted by Gasteiger charge is -2.29. The molecule has 5 heterocycles. The van der Waals surface area contributed by atoms with Crippen molar-refractivity contribution < 1.29 is 4.74 Å². The first kappa shape index (κ1) is 19.6. The average Bonchev–Trinajstić information content (AvgIpc) is 3.48. The zero-order valence-corrected chi connectivity index (χ0v) is 18.1. The molecule has 1 aliphatic heterocycles. The van der Waals surface area contributed by atoms with Gasteiger partial charge in [-0.1, -0.05) is 18.2 Å². The van der Waals surface area contributed by atoms with Crippen LogP contribution in [0.4, 0.5) is 5.82 Å². The lowest BCUT2D eigenvalue weighted by Crippen LogP contribution is -2.37. The standard InChI is InChI=1S/C25H23N7O/c1-2-4-22-19(3-1)13-20(28-22)16-27-17-21-14-25(31-9-11-33-12-10-31)32-24(29-21)15-23(30-32)18-5-7-26-8-6-18/h1-8,13-16,28H,9-12,17H2. The van der Waals surface area contributed by atoms with E-state index in [0.717, 1.165) is 52.7 Å². The maximum atomic E-state index is 5.56. The summed E-state index contributed by atoms with van der Waals surface area (Å²) in [5.41, 5.74) is 5.69. The van der Waals surface area contributed by atoms with Gasteiger partial charge in [-0.2, -0.15) is 9.61 Å². The summed E-state index contributed by atoms with van der Waals surface area (Å²) in [6.07, 6.45) is 5.43. The predicted octanol–water partition coefficient (Wildman–Crippen LogP) is 3.73. The van der Waals surface area contributed by atoms with Crippen LogP contribution >= 0.6 is 0 Å². The van der Waals surface area contributed by atoms with Gasteiger partial charge >= 0.3 is 0 Å². The van der Waals surface area contributed by atoms with Crippen LogP contribution in [0.3, 0.4) is 0 Å². The molecule has 6 rings (SSSR count). The van der Waals surface area contributed by atoms with Crippen molar-refractivity contribution >= 4 is 28.6 Å². The zero-order chi connectivity index (χ0) is 22.0. The highest BCUT2D eigenvalue weighted by Gasteiger charge is 2.18. The summed E-state index contributed by atoms with van der Waals surface area (Å²) in [4.78, 5) is 19.3. The molecule has 8 heteroatoms. The molecule has 0 bridgehead atoms. The van der Waals surface area contributed by atoms with Crippen molar-refractivity contribution in [2.75, 3.05) is 31.2 Å². The number of benzene rings is 1. The Balaban J connectivity index is 1.34. The lowest BCUT2D eigenvalue weighted by atomic mass is 10.2. The SMILES string of the molecule is C(=NCc1cc(N2CCOCC2)n2nc(-c3ccncc3)cc2n1)c1cc2ccccc2[nH]1. The molecule has 1 saturated heterocycles. The Morgan fingerprint density at radius 2 is 1.88 bits per heavy atom. The number of pyridine rings is 1. The number of aromatic amines is 1. The fourth-order valence-electron chi connectivity index (χ4n) is 4.17. The van der Waals surface area contributed by atoms with Crippen LogP contribution in [0.2, 0.25) is 0 Å². The third kappa shape index (κ3) is 3.96. The summed E-state index contributed by atoms with van der Waals surface area (Å²) >= 11 is 0. The first-order valence-electron chi connectivity index (χ1n) is 11.0. The number of hydrogen-bond acceptors (Lipinski definition) is 6. The topological polar surface area (TPSA) is 83.7 Å². The summed E-state index contributed by atoms with van der Waals surface area (Å²) in [6, 6.07) is 18.3. The fraction of sp³-hybridized carbons (Fsp3) is 0.200. The summed E-state index contributed by atoms with van der Waals surface area (Å²) in [7, 11) is 0. The van der Waals surface area contributed by atoms with E-state index in [-0.39, 0.29) is 0 Å². The first-order chi connectivity index (χ1) is 16.3. The molecule has 8 nitrogen and oxygen atoms in total. The van der Waals surface area contributed by atoms with E-state index >= 15 is 0 Å². The number of nitrogens with one attached hydrogen (secondary N) is 1. The molecule has 0 unspecified atom stereocenters. The molecule has 33 heavy (non-hydrogen) atoms. The molecular weight excluding hydrogens is 414 g/mol. The van der Waals surface area contributed by atoms with Gasteiger partial charge in [0.05, 0.1) is 36.8 Å². The Bertz CT molecular complexity index is 1400. The van der Waals surface area contributed by atoms with Gasteiger partial charge in [0.25, 0.3) is 0 Å². The minimum absolute atomic E-state index is 0.485. The first-order valence-corrected chi connectivity index (χ1v) is 11.0. The monoisotopic (exact) mass is 437 g/mol. The third-order valence-corrected chi connectivity index (χ3v) is 5.81. The number of anilines is 1. The predicted molar refractivity (Wildman–Crippen MR) is 129 cm³/mol. The van der Waals surface area contributed by atoms with Gasteiger partial charge in [0.2, 0.25) is 0 Å². The van der Waals surface area contributed by atoms with E-state index in [1.807, 2.05) is 41.1 Å². The smallest absolute Gasteiger partial charge is 0.158 e. The third-order valence-electron chi connectivity index (χ3n) is 5.81. The number of aromatic nitrogens is 5. The van der Waals surface area contributed by atoms with Gasteiger partial charge in [-0.15, -0.1) is 0 Å². The number of fused-ring (bicyclic) bond motifs is 2. The van der Waals surface area contributed by atoms with Crippen molar-refractivity contribution in [2.45, 2.75) is 6.54 Å². The molecule has 0 amide bonds. The lowest BCUT2D eigenvalue weighted by molar-refractivity contribution is 0.122. The Morgan fingerprint density at radius 1 is 1.03 bits per heavy atom. The molecule has 0 atom stereocenters. The molecule has 1 aromatic carbocycles. The van der Waals surface area contributed by atoms with E-state index in [2.05, 4.69) is 44.1 Å². The number of hydrogen-bond donors (Lipinski definition) is 1. The molecule has 4 aromatic heterocycles. The van der Waals surface area contributed by atoms with Gasteiger partial charge in [0, 0.05) is 60.3 Å². The van der Waals surface area contributed by atoms with Crippen LogP contribution in [0.1, 0.15) is 11.4 Å². The number of nitrogens with zero attached hydrogens (tertiary/aromatic N) is 6. The largest absolute Gasteiger partial charge is 0.378 e. The van der Waals surface area contributed by atoms with E-state index in [4.69, 9.17) is 14.8 Å². The second-order valence-electron chi connectivity index (χ2n) is 8.02. The zero-order valence-electron chi connectivity index (χ0n) is 18.1. The van der Waals surface area contributed by atoms with E-state index in [1.165, 1.54) is 5.39 Å². The van der Waals surface area contributed by atoms with E-state index in [9.17, 15) is 0 Å². The van der Waals surface area contributed by atoms with Crippen LogP contribution in [0, 0.1) is 0 Å². The summed E-state index contributed by atoms with van der Waals surface area (Å²) in [5, 5.41) is 6.03. The minimum atomic E-state index is 0.485. The summed E-state index contributed by atoms with van der Waals surface area (Å²) in [6.45, 7) is 3.54. The molecule has 5 aromatic rings. The Labute approximate surface area is 190 Å². The minimum Gasteiger partial charge on any atom is -0.378 e. The van der Waals surface area contributed by atoms with E-state index in [0.29, 0.717) is 19.8 Å². The summed E-state index contributed by atoms with van der Waals surface area (Å²) in [5.74, 6) is 1.01. The molecule has 1 aliphatic rings. The molecule has 164 valence electrons.